The van der Waals surface area contributed by atoms with E-state index in [1.54, 1.807) is 23.5 Å². The highest BCUT2D eigenvalue weighted by molar-refractivity contribution is 7.89. The predicted octanol–water partition coefficient (Wildman–Crippen LogP) is 3.18. The first-order valence-corrected chi connectivity index (χ1v) is 12.3. The molecule has 0 radical (unpaired) electrons. The quantitative estimate of drug-likeness (QED) is 0.700. The Morgan fingerprint density at radius 2 is 1.87 bits per heavy atom. The molecule has 3 atom stereocenters. The van der Waals surface area contributed by atoms with E-state index in [4.69, 9.17) is 4.74 Å². The first-order chi connectivity index (χ1) is 14.2. The van der Waals surface area contributed by atoms with Crippen molar-refractivity contribution in [2.75, 3.05) is 32.0 Å². The van der Waals surface area contributed by atoms with Gasteiger partial charge in [-0.3, -0.25) is 9.69 Å². The number of thiophene rings is 1. The molecule has 1 aliphatic rings. The van der Waals surface area contributed by atoms with E-state index in [0.717, 1.165) is 0 Å². The number of benzene rings is 1. The molecule has 0 unspecified atom stereocenters. The van der Waals surface area contributed by atoms with Gasteiger partial charge in [0, 0.05) is 29.7 Å². The van der Waals surface area contributed by atoms with Gasteiger partial charge in [-0.25, -0.2) is 8.42 Å². The third-order valence-electron chi connectivity index (χ3n) is 5.17. The van der Waals surface area contributed by atoms with Crippen molar-refractivity contribution in [1.29, 1.82) is 0 Å². The van der Waals surface area contributed by atoms with Gasteiger partial charge in [0.25, 0.3) is 0 Å². The molecule has 1 aliphatic heterocycles. The molecule has 1 aromatic carbocycles. The van der Waals surface area contributed by atoms with Crippen LogP contribution in [0.15, 0.2) is 46.7 Å². The van der Waals surface area contributed by atoms with Crippen LogP contribution in [0.5, 0.6) is 0 Å². The molecule has 0 spiro atoms. The second kappa shape index (κ2) is 9.57. The van der Waals surface area contributed by atoms with Crippen molar-refractivity contribution in [2.24, 2.45) is 0 Å². The normalized spacial score (nSPS) is 21.5. The van der Waals surface area contributed by atoms with E-state index in [1.165, 1.54) is 21.3 Å². The van der Waals surface area contributed by atoms with Crippen LogP contribution in [-0.2, 0) is 19.6 Å². The van der Waals surface area contributed by atoms with Gasteiger partial charge in [0.05, 0.1) is 23.6 Å². The summed E-state index contributed by atoms with van der Waals surface area (Å²) in [5.74, 6) is -0.146. The number of morpholine rings is 1. The van der Waals surface area contributed by atoms with Gasteiger partial charge < -0.3 is 10.1 Å². The molecule has 1 aromatic heterocycles. The highest BCUT2D eigenvalue weighted by Gasteiger charge is 2.32. The molecule has 0 saturated carbocycles. The number of anilines is 1. The molecule has 9 heteroatoms. The average Bonchev–Trinajstić information content (AvgIpc) is 3.21. The van der Waals surface area contributed by atoms with Crippen molar-refractivity contribution in [1.82, 2.24) is 9.21 Å². The highest BCUT2D eigenvalue weighted by atomic mass is 32.2. The zero-order chi connectivity index (χ0) is 21.9. The van der Waals surface area contributed by atoms with E-state index in [9.17, 15) is 13.2 Å². The first kappa shape index (κ1) is 22.9. The molecular formula is C21H29N3O4S2. The van der Waals surface area contributed by atoms with Gasteiger partial charge in [-0.15, -0.1) is 11.3 Å². The third-order valence-corrected chi connectivity index (χ3v) is 8.06. The number of ether oxygens (including phenoxy) is 1. The maximum absolute atomic E-state index is 12.9. The van der Waals surface area contributed by atoms with Gasteiger partial charge in [-0.05, 0) is 63.5 Å². The van der Waals surface area contributed by atoms with Crippen molar-refractivity contribution < 1.29 is 17.9 Å². The number of likely N-dealkylation sites (N-methyl/N-ethyl adjacent to an activating group) is 1. The largest absolute Gasteiger partial charge is 0.373 e. The molecule has 1 saturated heterocycles. The Kier molecular flexibility index (Phi) is 7.30. The molecule has 0 bridgehead atoms. The minimum Gasteiger partial charge on any atom is -0.373 e. The van der Waals surface area contributed by atoms with Gasteiger partial charge in [0.1, 0.15) is 0 Å². The summed E-state index contributed by atoms with van der Waals surface area (Å²) in [5, 5.41) is 4.86. The van der Waals surface area contributed by atoms with Crippen LogP contribution in [0, 0.1) is 0 Å². The Balaban J connectivity index is 1.60. The zero-order valence-electron chi connectivity index (χ0n) is 17.7. The van der Waals surface area contributed by atoms with Gasteiger partial charge in [0.15, 0.2) is 0 Å². The topological polar surface area (TPSA) is 79.0 Å². The number of rotatable bonds is 7. The lowest BCUT2D eigenvalue weighted by Crippen LogP contribution is -2.48. The summed E-state index contributed by atoms with van der Waals surface area (Å²) in [7, 11) is -1.69. The molecule has 1 amide bonds. The van der Waals surface area contributed by atoms with Crippen molar-refractivity contribution in [3.05, 3.63) is 46.7 Å². The summed E-state index contributed by atoms with van der Waals surface area (Å²) in [5.41, 5.74) is 0.569. The first-order valence-electron chi connectivity index (χ1n) is 9.96. The number of hydrogen-bond acceptors (Lipinski definition) is 6. The van der Waals surface area contributed by atoms with Gasteiger partial charge in [-0.1, -0.05) is 6.07 Å². The van der Waals surface area contributed by atoms with Crippen LogP contribution in [0.2, 0.25) is 0 Å². The number of sulfonamides is 1. The second-order valence-corrected chi connectivity index (χ2v) is 10.7. The smallest absolute Gasteiger partial charge is 0.243 e. The Labute approximate surface area is 182 Å². The standard InChI is InChI=1S/C21H29N3O4S2/c1-15-12-24(13-16(2)28-15)30(26,27)19-9-7-18(8-10-19)22-21(25)14-23(4)17(3)20-6-5-11-29-20/h5-11,15-17H,12-14H2,1-4H3,(H,22,25)/t15-,16-,17+/m1/s1. The number of carbonyl (C=O) groups excluding carboxylic acids is 1. The molecular weight excluding hydrogens is 422 g/mol. The fourth-order valence-electron chi connectivity index (χ4n) is 3.50. The van der Waals surface area contributed by atoms with Crippen molar-refractivity contribution in [3.8, 4) is 0 Å². The SMILES string of the molecule is C[C@@H]1CN(S(=O)(=O)c2ccc(NC(=O)CN(C)[C@@H](C)c3cccs3)cc2)C[C@@H](C)O1. The van der Waals surface area contributed by atoms with Crippen LogP contribution in [0.4, 0.5) is 5.69 Å². The number of nitrogens with one attached hydrogen (secondary N) is 1. The van der Waals surface area contributed by atoms with E-state index >= 15 is 0 Å². The Hall–Kier alpha value is -1.78. The number of hydrogen-bond donors (Lipinski definition) is 1. The lowest BCUT2D eigenvalue weighted by molar-refractivity contribution is -0.117. The molecule has 2 heterocycles. The fourth-order valence-corrected chi connectivity index (χ4v) is 5.94. The molecule has 3 rings (SSSR count). The summed E-state index contributed by atoms with van der Waals surface area (Å²) in [4.78, 5) is 15.8. The highest BCUT2D eigenvalue weighted by Crippen LogP contribution is 2.24. The Bertz CT molecular complexity index is 935. The number of carbonyl (C=O) groups is 1. The lowest BCUT2D eigenvalue weighted by atomic mass is 10.2. The van der Waals surface area contributed by atoms with E-state index in [0.29, 0.717) is 18.8 Å². The molecule has 1 fully saturated rings. The molecule has 30 heavy (non-hydrogen) atoms. The van der Waals surface area contributed by atoms with Crippen molar-refractivity contribution in [3.63, 3.8) is 0 Å². The van der Waals surface area contributed by atoms with Crippen LogP contribution in [0.1, 0.15) is 31.7 Å². The maximum Gasteiger partial charge on any atom is 0.243 e. The van der Waals surface area contributed by atoms with Crippen LogP contribution in [0.25, 0.3) is 0 Å². The van der Waals surface area contributed by atoms with Crippen LogP contribution in [-0.4, -0.2) is 62.4 Å². The molecule has 0 aliphatic carbocycles. The lowest BCUT2D eigenvalue weighted by Gasteiger charge is -2.34. The molecule has 1 N–H and O–H groups in total. The van der Waals surface area contributed by atoms with Crippen molar-refractivity contribution >= 4 is 33.0 Å². The van der Waals surface area contributed by atoms with Crippen LogP contribution in [0.3, 0.4) is 0 Å². The van der Waals surface area contributed by atoms with Gasteiger partial charge >= 0.3 is 0 Å². The fraction of sp³-hybridized carbons (Fsp3) is 0.476. The Morgan fingerprint density at radius 1 is 1.23 bits per heavy atom. The summed E-state index contributed by atoms with van der Waals surface area (Å²) in [6.07, 6.45) is -0.286. The summed E-state index contributed by atoms with van der Waals surface area (Å²) in [6, 6.07) is 10.5. The van der Waals surface area contributed by atoms with Gasteiger partial charge in [-0.2, -0.15) is 4.31 Å². The van der Waals surface area contributed by atoms with Crippen molar-refractivity contribution in [2.45, 2.75) is 43.9 Å². The minimum absolute atomic E-state index is 0.140. The average molecular weight is 452 g/mol. The van der Waals surface area contributed by atoms with Crippen LogP contribution >= 0.6 is 11.3 Å². The molecule has 7 nitrogen and oxygen atoms in total. The summed E-state index contributed by atoms with van der Waals surface area (Å²) >= 11 is 1.66. The summed E-state index contributed by atoms with van der Waals surface area (Å²) in [6.45, 7) is 6.70. The second-order valence-electron chi connectivity index (χ2n) is 7.76. The Morgan fingerprint density at radius 3 is 2.43 bits per heavy atom. The maximum atomic E-state index is 12.9. The van der Waals surface area contributed by atoms with E-state index in [2.05, 4.69) is 18.3 Å². The molecule has 164 valence electrons. The number of nitrogens with zero attached hydrogens (tertiary/aromatic N) is 2. The third kappa shape index (κ3) is 5.47. The minimum atomic E-state index is -3.59. The molecule has 2 aromatic rings. The van der Waals surface area contributed by atoms with E-state index in [1.807, 2.05) is 37.2 Å². The number of amides is 1. The van der Waals surface area contributed by atoms with E-state index < -0.39 is 10.0 Å². The predicted molar refractivity (Wildman–Crippen MR) is 119 cm³/mol. The zero-order valence-corrected chi connectivity index (χ0v) is 19.4. The monoisotopic (exact) mass is 451 g/mol. The summed E-state index contributed by atoms with van der Waals surface area (Å²) < 4.78 is 32.9. The van der Waals surface area contributed by atoms with E-state index in [-0.39, 0.29) is 35.6 Å². The van der Waals surface area contributed by atoms with Crippen LogP contribution < -0.4 is 5.32 Å². The van der Waals surface area contributed by atoms with Gasteiger partial charge in [0.2, 0.25) is 15.9 Å².